The Morgan fingerprint density at radius 1 is 1.38 bits per heavy atom. The predicted octanol–water partition coefficient (Wildman–Crippen LogP) is 0.239. The highest BCUT2D eigenvalue weighted by Crippen LogP contribution is 2.07. The fraction of sp³-hybridized carbons (Fsp3) is 0.182. The van der Waals surface area contributed by atoms with Crippen molar-refractivity contribution in [2.24, 2.45) is 10.8 Å². The number of hydrogen-bond donors (Lipinski definition) is 2. The molecule has 0 radical (unpaired) electrons. The lowest BCUT2D eigenvalue weighted by Gasteiger charge is -2.01. The Morgan fingerprint density at radius 3 is 2.69 bits per heavy atom. The molecule has 16 heavy (non-hydrogen) atoms. The van der Waals surface area contributed by atoms with Crippen molar-refractivity contribution in [2.45, 2.75) is 13.8 Å². The number of carbonyl (C=O) groups excluding carboxylic acids is 2. The highest BCUT2D eigenvalue weighted by atomic mass is 16.2. The Bertz CT molecular complexity index is 453. The number of hydrazone groups is 1. The van der Waals surface area contributed by atoms with E-state index >= 15 is 0 Å². The van der Waals surface area contributed by atoms with Gasteiger partial charge in [-0.3, -0.25) is 9.59 Å². The third-order valence-corrected chi connectivity index (χ3v) is 2.03. The van der Waals surface area contributed by atoms with Gasteiger partial charge in [-0.25, -0.2) is 5.43 Å². The molecule has 0 saturated heterocycles. The van der Waals surface area contributed by atoms with Gasteiger partial charge in [-0.05, 0) is 25.0 Å². The monoisotopic (exact) mass is 219 g/mol. The summed E-state index contributed by atoms with van der Waals surface area (Å²) in [5, 5.41) is 3.64. The Kier molecular flexibility index (Phi) is 3.77. The molecule has 0 aliphatic rings. The number of nitrogens with one attached hydrogen (secondary N) is 1. The average molecular weight is 219 g/mol. The SMILES string of the molecule is Cc1ccc(C)c(C=NNC(=O)C(N)=O)c1. The summed E-state index contributed by atoms with van der Waals surface area (Å²) in [7, 11) is 0. The molecule has 0 unspecified atom stereocenters. The Labute approximate surface area is 93.3 Å². The van der Waals surface area contributed by atoms with Crippen LogP contribution < -0.4 is 11.2 Å². The lowest BCUT2D eigenvalue weighted by Crippen LogP contribution is -2.32. The van der Waals surface area contributed by atoms with Gasteiger partial charge >= 0.3 is 11.8 Å². The largest absolute Gasteiger partial charge is 0.361 e. The number of rotatable bonds is 2. The number of nitrogens with two attached hydrogens (primary N) is 1. The van der Waals surface area contributed by atoms with Gasteiger partial charge < -0.3 is 5.73 Å². The van der Waals surface area contributed by atoms with Crippen LogP contribution in [0.5, 0.6) is 0 Å². The van der Waals surface area contributed by atoms with E-state index in [0.717, 1.165) is 16.7 Å². The number of carbonyl (C=O) groups is 2. The van der Waals surface area contributed by atoms with Crippen molar-refractivity contribution in [3.63, 3.8) is 0 Å². The molecule has 0 spiro atoms. The molecule has 5 heteroatoms. The fourth-order valence-electron chi connectivity index (χ4n) is 1.11. The maximum atomic E-state index is 10.8. The van der Waals surface area contributed by atoms with E-state index in [1.165, 1.54) is 6.21 Å². The average Bonchev–Trinajstić information content (AvgIpc) is 2.22. The first kappa shape index (κ1) is 11.9. The molecular formula is C11H13N3O2. The summed E-state index contributed by atoms with van der Waals surface area (Å²) >= 11 is 0. The van der Waals surface area contributed by atoms with Crippen LogP contribution in [0.4, 0.5) is 0 Å². The van der Waals surface area contributed by atoms with Gasteiger partial charge in [0.25, 0.3) is 0 Å². The van der Waals surface area contributed by atoms with Gasteiger partial charge in [0.2, 0.25) is 0 Å². The number of aryl methyl sites for hydroxylation is 2. The third-order valence-electron chi connectivity index (χ3n) is 2.03. The van der Waals surface area contributed by atoms with Crippen LogP contribution in [0, 0.1) is 13.8 Å². The molecule has 1 aromatic carbocycles. The molecule has 2 amide bonds. The van der Waals surface area contributed by atoms with Gasteiger partial charge in [-0.2, -0.15) is 5.10 Å². The first-order chi connectivity index (χ1) is 7.50. The molecule has 0 bridgehead atoms. The zero-order chi connectivity index (χ0) is 12.1. The molecule has 0 aliphatic carbocycles. The lowest BCUT2D eigenvalue weighted by molar-refractivity contribution is -0.137. The zero-order valence-electron chi connectivity index (χ0n) is 9.15. The Morgan fingerprint density at radius 2 is 2.06 bits per heavy atom. The minimum absolute atomic E-state index is 0.879. The number of amides is 2. The smallest absolute Gasteiger partial charge is 0.329 e. The van der Waals surface area contributed by atoms with E-state index in [9.17, 15) is 9.59 Å². The summed E-state index contributed by atoms with van der Waals surface area (Å²) < 4.78 is 0. The lowest BCUT2D eigenvalue weighted by atomic mass is 10.1. The maximum absolute atomic E-state index is 10.8. The van der Waals surface area contributed by atoms with Crippen molar-refractivity contribution in [2.75, 3.05) is 0 Å². The van der Waals surface area contributed by atoms with Gasteiger partial charge in [0.05, 0.1) is 6.21 Å². The van der Waals surface area contributed by atoms with Crippen molar-refractivity contribution < 1.29 is 9.59 Å². The normalized spacial score (nSPS) is 10.4. The summed E-state index contributed by atoms with van der Waals surface area (Å²) in [6.07, 6.45) is 1.48. The van der Waals surface area contributed by atoms with Gasteiger partial charge in [-0.15, -0.1) is 0 Å². The molecular weight excluding hydrogens is 206 g/mol. The van der Waals surface area contributed by atoms with Gasteiger partial charge in [0, 0.05) is 0 Å². The Balaban J connectivity index is 2.73. The third kappa shape index (κ3) is 3.20. The van der Waals surface area contributed by atoms with Gasteiger partial charge in [0.1, 0.15) is 0 Å². The molecule has 5 nitrogen and oxygen atoms in total. The Hall–Kier alpha value is -2.17. The second-order valence-electron chi connectivity index (χ2n) is 3.42. The van der Waals surface area contributed by atoms with Crippen molar-refractivity contribution in [3.05, 3.63) is 34.9 Å². The van der Waals surface area contributed by atoms with E-state index < -0.39 is 11.8 Å². The van der Waals surface area contributed by atoms with Gasteiger partial charge in [-0.1, -0.05) is 23.8 Å². The first-order valence-corrected chi connectivity index (χ1v) is 4.71. The molecule has 0 saturated carbocycles. The highest BCUT2D eigenvalue weighted by Gasteiger charge is 2.05. The number of primary amides is 1. The van der Waals surface area contributed by atoms with E-state index in [1.807, 2.05) is 37.5 Å². The quantitative estimate of drug-likeness (QED) is 0.424. The molecule has 0 fully saturated rings. The predicted molar refractivity (Wildman–Crippen MR) is 60.8 cm³/mol. The minimum atomic E-state index is -1.06. The topological polar surface area (TPSA) is 84.6 Å². The van der Waals surface area contributed by atoms with Crippen molar-refractivity contribution in [1.29, 1.82) is 0 Å². The van der Waals surface area contributed by atoms with Crippen LogP contribution in [0.25, 0.3) is 0 Å². The minimum Gasteiger partial charge on any atom is -0.361 e. The van der Waals surface area contributed by atoms with E-state index in [-0.39, 0.29) is 0 Å². The second kappa shape index (κ2) is 5.06. The van der Waals surface area contributed by atoms with Crippen molar-refractivity contribution >= 4 is 18.0 Å². The van der Waals surface area contributed by atoms with Crippen molar-refractivity contribution in [1.82, 2.24) is 5.43 Å². The highest BCUT2D eigenvalue weighted by molar-refractivity contribution is 6.34. The summed E-state index contributed by atoms with van der Waals surface area (Å²) in [5.41, 5.74) is 9.78. The molecule has 0 heterocycles. The molecule has 0 aromatic heterocycles. The van der Waals surface area contributed by atoms with E-state index in [2.05, 4.69) is 5.10 Å². The summed E-state index contributed by atoms with van der Waals surface area (Å²) in [6, 6.07) is 5.86. The first-order valence-electron chi connectivity index (χ1n) is 4.71. The molecule has 0 atom stereocenters. The van der Waals surface area contributed by atoms with Crippen LogP contribution in [0.2, 0.25) is 0 Å². The summed E-state index contributed by atoms with van der Waals surface area (Å²) in [5.74, 6) is -1.99. The van der Waals surface area contributed by atoms with Crippen LogP contribution in [0.3, 0.4) is 0 Å². The van der Waals surface area contributed by atoms with Gasteiger partial charge in [0.15, 0.2) is 0 Å². The fourth-order valence-corrected chi connectivity index (χ4v) is 1.11. The van der Waals surface area contributed by atoms with Crippen LogP contribution in [0.15, 0.2) is 23.3 Å². The summed E-state index contributed by atoms with van der Waals surface area (Å²) in [4.78, 5) is 21.2. The number of nitrogens with zero attached hydrogens (tertiary/aromatic N) is 1. The molecule has 0 aliphatic heterocycles. The number of hydrogen-bond acceptors (Lipinski definition) is 3. The maximum Gasteiger partial charge on any atom is 0.329 e. The van der Waals surface area contributed by atoms with Crippen LogP contribution >= 0.6 is 0 Å². The number of benzene rings is 1. The van der Waals surface area contributed by atoms with E-state index in [0.29, 0.717) is 0 Å². The zero-order valence-corrected chi connectivity index (χ0v) is 9.15. The van der Waals surface area contributed by atoms with Crippen molar-refractivity contribution in [3.8, 4) is 0 Å². The van der Waals surface area contributed by atoms with Crippen LogP contribution in [0.1, 0.15) is 16.7 Å². The molecule has 3 N–H and O–H groups in total. The van der Waals surface area contributed by atoms with Crippen LogP contribution in [-0.2, 0) is 9.59 Å². The molecule has 1 rings (SSSR count). The second-order valence-corrected chi connectivity index (χ2v) is 3.42. The summed E-state index contributed by atoms with van der Waals surface area (Å²) in [6.45, 7) is 3.88. The van der Waals surface area contributed by atoms with Crippen LogP contribution in [-0.4, -0.2) is 18.0 Å². The molecule has 84 valence electrons. The van der Waals surface area contributed by atoms with E-state index in [4.69, 9.17) is 5.73 Å². The standard InChI is InChI=1S/C11H13N3O2/c1-7-3-4-8(2)9(5-7)6-13-14-11(16)10(12)15/h3-6H,1-2H3,(H2,12,15)(H,14,16). The van der Waals surface area contributed by atoms with E-state index in [1.54, 1.807) is 0 Å². The molecule has 1 aromatic rings.